The Morgan fingerprint density at radius 3 is 2.65 bits per heavy atom. The molecular weight excluding hydrogens is 394 g/mol. The van der Waals surface area contributed by atoms with Crippen LogP contribution in [0.5, 0.6) is 5.75 Å². The van der Waals surface area contributed by atoms with Gasteiger partial charge < -0.3 is 25.4 Å². The normalized spacial score (nSPS) is 12.1. The van der Waals surface area contributed by atoms with Crippen molar-refractivity contribution in [1.29, 1.82) is 0 Å². The molecule has 8 nitrogen and oxygen atoms in total. The third-order valence-corrected chi connectivity index (χ3v) is 4.88. The van der Waals surface area contributed by atoms with E-state index < -0.39 is 5.97 Å². The molecule has 2 aromatic carbocycles. The molecule has 1 atom stereocenters. The Morgan fingerprint density at radius 1 is 1.19 bits per heavy atom. The maximum atomic E-state index is 11.9. The van der Waals surface area contributed by atoms with Gasteiger partial charge in [0, 0.05) is 18.5 Å². The van der Waals surface area contributed by atoms with Crippen LogP contribution in [0.2, 0.25) is 0 Å². The third-order valence-electron chi connectivity index (χ3n) is 4.88. The van der Waals surface area contributed by atoms with Gasteiger partial charge in [0.2, 0.25) is 0 Å². The fourth-order valence-corrected chi connectivity index (χ4v) is 3.38. The number of nitrogens with one attached hydrogen (secondary N) is 2. The number of nitrogens with zero attached hydrogens (tertiary/aromatic N) is 3. The molecule has 0 aliphatic heterocycles. The van der Waals surface area contributed by atoms with E-state index in [0.29, 0.717) is 35.6 Å². The molecule has 31 heavy (non-hydrogen) atoms. The summed E-state index contributed by atoms with van der Waals surface area (Å²) in [5, 5.41) is 17.0. The van der Waals surface area contributed by atoms with E-state index in [0.717, 1.165) is 18.5 Å². The Balaban J connectivity index is 1.96. The highest BCUT2D eigenvalue weighted by molar-refractivity contribution is 6.05. The van der Waals surface area contributed by atoms with Crippen molar-refractivity contribution >= 4 is 22.7 Å². The monoisotopic (exact) mass is 423 g/mol. The number of rotatable bonds is 11. The summed E-state index contributed by atoms with van der Waals surface area (Å²) in [5.41, 5.74) is 1.57. The lowest BCUT2D eigenvalue weighted by Crippen LogP contribution is -2.24. The van der Waals surface area contributed by atoms with Crippen LogP contribution in [0.1, 0.15) is 28.4 Å². The van der Waals surface area contributed by atoms with E-state index in [1.165, 1.54) is 12.4 Å². The average Bonchev–Trinajstić information content (AvgIpc) is 2.76. The Bertz CT molecular complexity index is 1010. The molecule has 0 saturated carbocycles. The van der Waals surface area contributed by atoms with Crippen LogP contribution in [0.25, 0.3) is 10.9 Å². The Kier molecular flexibility index (Phi) is 7.75. The number of carboxylic acids is 1. The van der Waals surface area contributed by atoms with Gasteiger partial charge in [0.05, 0.1) is 23.7 Å². The van der Waals surface area contributed by atoms with Crippen molar-refractivity contribution in [3.8, 4) is 5.75 Å². The second kappa shape index (κ2) is 10.7. The van der Waals surface area contributed by atoms with Gasteiger partial charge in [-0.1, -0.05) is 30.3 Å². The maximum absolute atomic E-state index is 11.9. The molecule has 164 valence electrons. The summed E-state index contributed by atoms with van der Waals surface area (Å²) >= 11 is 0. The summed E-state index contributed by atoms with van der Waals surface area (Å²) in [6.07, 6.45) is 2.22. The molecule has 8 heteroatoms. The van der Waals surface area contributed by atoms with Crippen LogP contribution in [0.3, 0.4) is 0 Å². The summed E-state index contributed by atoms with van der Waals surface area (Å²) < 4.78 is 5.86. The first-order valence-electron chi connectivity index (χ1n) is 10.2. The van der Waals surface area contributed by atoms with Crippen LogP contribution in [0, 0.1) is 0 Å². The predicted octanol–water partition coefficient (Wildman–Crippen LogP) is 3.03. The molecule has 0 aliphatic carbocycles. The fourth-order valence-electron chi connectivity index (χ4n) is 3.38. The van der Waals surface area contributed by atoms with E-state index >= 15 is 0 Å². The number of hydrogen-bond acceptors (Lipinski definition) is 7. The summed E-state index contributed by atoms with van der Waals surface area (Å²) in [6.45, 7) is 2.05. The highest BCUT2D eigenvalue weighted by Gasteiger charge is 2.18. The number of fused-ring (bicyclic) bond motifs is 1. The largest absolute Gasteiger partial charge is 0.493 e. The molecule has 0 radical (unpaired) electrons. The lowest BCUT2D eigenvalue weighted by molar-refractivity contribution is 0.0698. The molecule has 3 N–H and O–H groups in total. The fraction of sp³-hybridized carbons (Fsp3) is 0.348. The van der Waals surface area contributed by atoms with Gasteiger partial charge in [0.1, 0.15) is 17.9 Å². The van der Waals surface area contributed by atoms with E-state index in [9.17, 15) is 9.90 Å². The van der Waals surface area contributed by atoms with E-state index in [-0.39, 0.29) is 11.6 Å². The zero-order valence-electron chi connectivity index (χ0n) is 18.1. The molecule has 0 bridgehead atoms. The summed E-state index contributed by atoms with van der Waals surface area (Å²) in [5.74, 6) is 0.00459. The van der Waals surface area contributed by atoms with Gasteiger partial charge in [-0.15, -0.1) is 0 Å². The standard InChI is InChI=1S/C23H29N5O3/c1-24-14-20(16-8-5-4-6-9-16)27-22-18-12-17(31-11-7-10-28(2)3)13-19(23(29)30)21(18)25-15-26-22/h4-6,8-9,12-13,15,20,24H,7,10-11,14H2,1-3H3,(H,29,30)(H,25,26,27). The maximum Gasteiger partial charge on any atom is 0.338 e. The van der Waals surface area contributed by atoms with Crippen molar-refractivity contribution in [1.82, 2.24) is 20.2 Å². The number of anilines is 1. The molecule has 1 heterocycles. The zero-order valence-corrected chi connectivity index (χ0v) is 18.1. The Morgan fingerprint density at radius 2 is 1.97 bits per heavy atom. The number of carbonyl (C=O) groups is 1. The molecule has 0 saturated heterocycles. The number of carboxylic acid groups (broad SMARTS) is 1. The van der Waals surface area contributed by atoms with Crippen molar-refractivity contribution < 1.29 is 14.6 Å². The number of benzene rings is 2. The predicted molar refractivity (Wildman–Crippen MR) is 122 cm³/mol. The molecule has 1 unspecified atom stereocenters. The smallest absolute Gasteiger partial charge is 0.338 e. The van der Waals surface area contributed by atoms with Gasteiger partial charge in [0.25, 0.3) is 0 Å². The highest BCUT2D eigenvalue weighted by atomic mass is 16.5. The van der Waals surface area contributed by atoms with Gasteiger partial charge in [-0.05, 0) is 45.3 Å². The number of ether oxygens (including phenoxy) is 1. The molecule has 3 aromatic rings. The van der Waals surface area contributed by atoms with Crippen LogP contribution in [0.4, 0.5) is 5.82 Å². The van der Waals surface area contributed by atoms with Crippen LogP contribution in [-0.4, -0.2) is 66.8 Å². The minimum Gasteiger partial charge on any atom is -0.493 e. The minimum absolute atomic E-state index is 0.0535. The van der Waals surface area contributed by atoms with E-state index in [4.69, 9.17) is 4.74 Å². The van der Waals surface area contributed by atoms with Crippen LogP contribution < -0.4 is 15.4 Å². The number of aromatic carboxylic acids is 1. The molecule has 0 spiro atoms. The van der Waals surface area contributed by atoms with Gasteiger partial charge in [0.15, 0.2) is 0 Å². The van der Waals surface area contributed by atoms with Crippen LogP contribution in [-0.2, 0) is 0 Å². The van der Waals surface area contributed by atoms with Crippen LogP contribution in [0.15, 0.2) is 48.8 Å². The highest BCUT2D eigenvalue weighted by Crippen LogP contribution is 2.30. The first-order valence-corrected chi connectivity index (χ1v) is 10.2. The van der Waals surface area contributed by atoms with Gasteiger partial charge in [-0.2, -0.15) is 0 Å². The summed E-state index contributed by atoms with van der Waals surface area (Å²) in [4.78, 5) is 22.6. The number of hydrogen-bond donors (Lipinski definition) is 3. The molecule has 0 fully saturated rings. The van der Waals surface area contributed by atoms with Gasteiger partial charge in [-0.3, -0.25) is 0 Å². The topological polar surface area (TPSA) is 99.6 Å². The van der Waals surface area contributed by atoms with Gasteiger partial charge >= 0.3 is 5.97 Å². The van der Waals surface area contributed by atoms with Crippen molar-refractivity contribution in [2.75, 3.05) is 46.2 Å². The van der Waals surface area contributed by atoms with Crippen molar-refractivity contribution in [3.05, 3.63) is 59.9 Å². The van der Waals surface area contributed by atoms with Gasteiger partial charge in [-0.25, -0.2) is 14.8 Å². The van der Waals surface area contributed by atoms with E-state index in [2.05, 4.69) is 25.5 Å². The lowest BCUT2D eigenvalue weighted by atomic mass is 10.1. The summed E-state index contributed by atoms with van der Waals surface area (Å²) in [7, 11) is 5.89. The molecule has 0 amide bonds. The van der Waals surface area contributed by atoms with Crippen molar-refractivity contribution in [2.24, 2.45) is 0 Å². The quantitative estimate of drug-likeness (QED) is 0.405. The SMILES string of the molecule is CNCC(Nc1ncnc2c(C(=O)O)cc(OCCCN(C)C)cc12)c1ccccc1. The average molecular weight is 424 g/mol. The van der Waals surface area contributed by atoms with Crippen molar-refractivity contribution in [3.63, 3.8) is 0 Å². The number of likely N-dealkylation sites (N-methyl/N-ethyl adjacent to an activating group) is 1. The second-order valence-corrected chi connectivity index (χ2v) is 7.57. The summed E-state index contributed by atoms with van der Waals surface area (Å²) in [6, 6.07) is 13.3. The van der Waals surface area contributed by atoms with Crippen LogP contribution >= 0.6 is 0 Å². The molecule has 1 aromatic heterocycles. The Labute approximate surface area is 182 Å². The third kappa shape index (κ3) is 5.90. The first kappa shape index (κ1) is 22.5. The molecule has 3 rings (SSSR count). The van der Waals surface area contributed by atoms with E-state index in [1.807, 2.05) is 51.5 Å². The van der Waals surface area contributed by atoms with E-state index in [1.54, 1.807) is 6.07 Å². The van der Waals surface area contributed by atoms with Crippen molar-refractivity contribution in [2.45, 2.75) is 12.5 Å². The zero-order chi connectivity index (χ0) is 22.2. The Hall–Kier alpha value is -3.23. The lowest BCUT2D eigenvalue weighted by Gasteiger charge is -2.21. The first-order chi connectivity index (χ1) is 15.0. The molecular formula is C23H29N5O3. The minimum atomic E-state index is -1.05. The second-order valence-electron chi connectivity index (χ2n) is 7.57. The molecule has 0 aliphatic rings. The number of aromatic nitrogens is 2.